The van der Waals surface area contributed by atoms with Crippen molar-refractivity contribution >= 4 is 51.2 Å². The maximum Gasteiger partial charge on any atom is 0.240 e. The minimum atomic E-state index is -0.390. The molecule has 3 aromatic carbocycles. The molecule has 0 aliphatic rings. The molecule has 8 nitrogen and oxygen atoms in total. The number of rotatable bonds is 12. The van der Waals surface area contributed by atoms with Gasteiger partial charge in [0.1, 0.15) is 12.4 Å². The van der Waals surface area contributed by atoms with E-state index in [1.165, 1.54) is 13.3 Å². The Morgan fingerprint density at radius 1 is 1.00 bits per heavy atom. The van der Waals surface area contributed by atoms with Gasteiger partial charge >= 0.3 is 0 Å². The van der Waals surface area contributed by atoms with Crippen LogP contribution in [0.1, 0.15) is 30.9 Å². The fourth-order valence-corrected chi connectivity index (χ4v) is 3.92. The largest absolute Gasteiger partial charge is 0.495 e. The number of methoxy groups -OCH3 is 1. The lowest BCUT2D eigenvalue weighted by Gasteiger charge is -2.14. The molecule has 0 saturated heterocycles. The first-order valence-corrected chi connectivity index (χ1v) is 12.6. The van der Waals surface area contributed by atoms with Crippen molar-refractivity contribution in [2.75, 3.05) is 19.0 Å². The van der Waals surface area contributed by atoms with E-state index >= 15 is 0 Å². The van der Waals surface area contributed by atoms with E-state index in [1.807, 2.05) is 19.1 Å². The Morgan fingerprint density at radius 2 is 1.73 bits per heavy atom. The Morgan fingerprint density at radius 3 is 2.46 bits per heavy atom. The van der Waals surface area contributed by atoms with E-state index in [2.05, 4.69) is 31.8 Å². The van der Waals surface area contributed by atoms with Crippen LogP contribution in [-0.4, -0.2) is 31.7 Å². The Hall–Kier alpha value is -3.56. The number of carbonyl (C=O) groups is 2. The van der Waals surface area contributed by atoms with Gasteiger partial charge in [0, 0.05) is 17.9 Å². The highest BCUT2D eigenvalue weighted by molar-refractivity contribution is 9.10. The second-order valence-electron chi connectivity index (χ2n) is 7.72. The fraction of sp³-hybridized carbons (Fsp3) is 0.222. The van der Waals surface area contributed by atoms with Crippen LogP contribution in [0.15, 0.2) is 70.2 Å². The summed E-state index contributed by atoms with van der Waals surface area (Å²) < 4.78 is 17.6. The van der Waals surface area contributed by atoms with Crippen LogP contribution in [0.4, 0.5) is 5.69 Å². The van der Waals surface area contributed by atoms with Crippen molar-refractivity contribution in [3.63, 3.8) is 0 Å². The number of anilines is 1. The first-order chi connectivity index (χ1) is 17.9. The number of halogens is 2. The number of amides is 2. The zero-order valence-electron chi connectivity index (χ0n) is 20.4. The van der Waals surface area contributed by atoms with Gasteiger partial charge in [0.2, 0.25) is 11.8 Å². The Labute approximate surface area is 229 Å². The van der Waals surface area contributed by atoms with Gasteiger partial charge in [0.15, 0.2) is 11.5 Å². The fourth-order valence-electron chi connectivity index (χ4n) is 3.22. The number of carbonyl (C=O) groups excluding carboxylic acids is 2. The third-order valence-electron chi connectivity index (χ3n) is 4.99. The molecule has 0 atom stereocenters. The normalized spacial score (nSPS) is 10.7. The quantitative estimate of drug-likeness (QED) is 0.201. The number of benzene rings is 3. The van der Waals surface area contributed by atoms with Crippen LogP contribution in [0.3, 0.4) is 0 Å². The number of hydrazone groups is 1. The van der Waals surface area contributed by atoms with Crippen LogP contribution < -0.4 is 25.0 Å². The number of para-hydroxylation sites is 2. The molecule has 194 valence electrons. The van der Waals surface area contributed by atoms with E-state index in [0.717, 1.165) is 5.56 Å². The van der Waals surface area contributed by atoms with Gasteiger partial charge in [-0.2, -0.15) is 5.10 Å². The van der Waals surface area contributed by atoms with Crippen LogP contribution in [0.2, 0.25) is 5.02 Å². The minimum absolute atomic E-state index is 0.000899. The summed E-state index contributed by atoms with van der Waals surface area (Å²) in [5.74, 6) is 0.941. The van der Waals surface area contributed by atoms with E-state index in [-0.39, 0.29) is 18.7 Å². The summed E-state index contributed by atoms with van der Waals surface area (Å²) in [5, 5.41) is 7.39. The van der Waals surface area contributed by atoms with Gasteiger partial charge in [-0.05, 0) is 70.4 Å². The molecular weight excluding hydrogens is 562 g/mol. The van der Waals surface area contributed by atoms with Gasteiger partial charge in [-0.1, -0.05) is 35.9 Å². The van der Waals surface area contributed by atoms with Gasteiger partial charge in [-0.3, -0.25) is 9.59 Å². The molecule has 2 amide bonds. The van der Waals surface area contributed by atoms with Crippen molar-refractivity contribution in [3.05, 3.63) is 81.3 Å². The molecule has 0 aromatic heterocycles. The molecule has 10 heteroatoms. The summed E-state index contributed by atoms with van der Waals surface area (Å²) in [4.78, 5) is 24.3. The topological polar surface area (TPSA) is 98.2 Å². The molecule has 0 unspecified atom stereocenters. The lowest BCUT2D eigenvalue weighted by molar-refractivity contribution is -0.124. The molecule has 0 radical (unpaired) electrons. The smallest absolute Gasteiger partial charge is 0.240 e. The molecule has 3 aromatic rings. The van der Waals surface area contributed by atoms with Crippen molar-refractivity contribution in [3.8, 4) is 17.2 Å². The number of nitrogens with one attached hydrogen (secondary N) is 2. The Bertz CT molecular complexity index is 1250. The van der Waals surface area contributed by atoms with Crippen LogP contribution >= 0.6 is 27.5 Å². The Balaban J connectivity index is 1.54. The standard InChI is InChI=1S/C27H27BrClN3O5/c1-3-36-24-15-19(14-21(28)27(24)37-17-18-8-10-20(29)11-9-18)16-30-32-26(34)13-12-25(33)31-22-6-4-5-7-23(22)35-2/h4-11,14-16H,3,12-13,17H2,1-2H3,(H,31,33)(H,32,34). The monoisotopic (exact) mass is 587 g/mol. The maximum absolute atomic E-state index is 12.2. The first kappa shape index (κ1) is 28.0. The second-order valence-corrected chi connectivity index (χ2v) is 9.01. The van der Waals surface area contributed by atoms with Crippen molar-refractivity contribution in [1.82, 2.24) is 5.43 Å². The highest BCUT2D eigenvalue weighted by Gasteiger charge is 2.13. The van der Waals surface area contributed by atoms with E-state index in [0.29, 0.717) is 51.2 Å². The van der Waals surface area contributed by atoms with E-state index in [9.17, 15) is 9.59 Å². The van der Waals surface area contributed by atoms with Gasteiger partial charge in [0.25, 0.3) is 0 Å². The highest BCUT2D eigenvalue weighted by Crippen LogP contribution is 2.37. The SMILES string of the molecule is CCOc1cc(C=NNC(=O)CCC(=O)Nc2ccccc2OC)cc(Br)c1OCc1ccc(Cl)cc1. The summed E-state index contributed by atoms with van der Waals surface area (Å²) in [6.45, 7) is 2.66. The molecule has 0 saturated carbocycles. The minimum Gasteiger partial charge on any atom is -0.495 e. The second kappa shape index (κ2) is 14.2. The van der Waals surface area contributed by atoms with Crippen LogP contribution in [-0.2, 0) is 16.2 Å². The van der Waals surface area contributed by atoms with Gasteiger partial charge in [0.05, 0.1) is 30.1 Å². The average Bonchev–Trinajstić information content (AvgIpc) is 2.88. The van der Waals surface area contributed by atoms with E-state index in [1.54, 1.807) is 48.5 Å². The lowest BCUT2D eigenvalue weighted by Crippen LogP contribution is -2.20. The average molecular weight is 589 g/mol. The Kier molecular flexibility index (Phi) is 10.8. The zero-order chi connectivity index (χ0) is 26.6. The van der Waals surface area contributed by atoms with Crippen LogP contribution in [0.5, 0.6) is 17.2 Å². The van der Waals surface area contributed by atoms with Crippen molar-refractivity contribution in [1.29, 1.82) is 0 Å². The van der Waals surface area contributed by atoms with Gasteiger partial charge in [-0.25, -0.2) is 5.43 Å². The van der Waals surface area contributed by atoms with Gasteiger partial charge < -0.3 is 19.5 Å². The van der Waals surface area contributed by atoms with Crippen LogP contribution in [0, 0.1) is 0 Å². The predicted octanol–water partition coefficient (Wildman–Crippen LogP) is 5.96. The highest BCUT2D eigenvalue weighted by atomic mass is 79.9. The molecule has 0 aliphatic carbocycles. The zero-order valence-corrected chi connectivity index (χ0v) is 22.8. The lowest BCUT2D eigenvalue weighted by atomic mass is 10.2. The maximum atomic E-state index is 12.2. The van der Waals surface area contributed by atoms with Crippen molar-refractivity contribution in [2.45, 2.75) is 26.4 Å². The summed E-state index contributed by atoms with van der Waals surface area (Å²) in [5.41, 5.74) is 4.63. The summed E-state index contributed by atoms with van der Waals surface area (Å²) in [6.07, 6.45) is 1.46. The number of hydrogen-bond donors (Lipinski definition) is 2. The van der Waals surface area contributed by atoms with Gasteiger partial charge in [-0.15, -0.1) is 0 Å². The third kappa shape index (κ3) is 8.80. The third-order valence-corrected chi connectivity index (χ3v) is 5.83. The summed E-state index contributed by atoms with van der Waals surface area (Å²) >= 11 is 9.47. The molecule has 37 heavy (non-hydrogen) atoms. The molecule has 0 aliphatic heterocycles. The molecule has 0 bridgehead atoms. The number of ether oxygens (including phenoxy) is 3. The first-order valence-electron chi connectivity index (χ1n) is 11.5. The van der Waals surface area contributed by atoms with E-state index < -0.39 is 5.91 Å². The molecule has 0 heterocycles. The molecule has 2 N–H and O–H groups in total. The van der Waals surface area contributed by atoms with E-state index in [4.69, 9.17) is 25.8 Å². The number of nitrogens with zero attached hydrogens (tertiary/aromatic N) is 1. The van der Waals surface area contributed by atoms with Crippen molar-refractivity contribution < 1.29 is 23.8 Å². The summed E-state index contributed by atoms with van der Waals surface area (Å²) in [7, 11) is 1.52. The predicted molar refractivity (Wildman–Crippen MR) is 148 cm³/mol. The summed E-state index contributed by atoms with van der Waals surface area (Å²) in [6, 6.07) is 18.0. The van der Waals surface area contributed by atoms with Crippen LogP contribution in [0.25, 0.3) is 0 Å². The van der Waals surface area contributed by atoms with Crippen molar-refractivity contribution in [2.24, 2.45) is 5.10 Å². The molecule has 3 rings (SSSR count). The molecular formula is C27H27BrClN3O5. The number of hydrogen-bond acceptors (Lipinski definition) is 6. The molecule has 0 spiro atoms. The molecule has 0 fully saturated rings.